The molecule has 0 saturated heterocycles. The van der Waals surface area contributed by atoms with Crippen LogP contribution in [0.2, 0.25) is 0 Å². The average Bonchev–Trinajstić information content (AvgIpc) is 3.50. The van der Waals surface area contributed by atoms with Crippen LogP contribution in [0.15, 0.2) is 18.5 Å². The fourth-order valence-electron chi connectivity index (χ4n) is 6.49. The van der Waals surface area contributed by atoms with Crippen LogP contribution in [-0.4, -0.2) is 52.8 Å². The van der Waals surface area contributed by atoms with E-state index in [0.717, 1.165) is 12.8 Å². The first-order valence-corrected chi connectivity index (χ1v) is 15.0. The van der Waals surface area contributed by atoms with Gasteiger partial charge in [0.2, 0.25) is 29.4 Å². The summed E-state index contributed by atoms with van der Waals surface area (Å²) in [4.78, 5) is 38.9. The van der Waals surface area contributed by atoms with Crippen molar-refractivity contribution in [1.29, 1.82) is 0 Å². The number of aromatic nitrogens is 6. The fraction of sp³-hybridized carbons (Fsp3) is 0.655. The monoisotopic (exact) mass is 604 g/mol. The largest absolute Gasteiger partial charge is 0.363 e. The highest BCUT2D eigenvalue weighted by Gasteiger charge is 2.46. The van der Waals surface area contributed by atoms with Gasteiger partial charge in [-0.2, -0.15) is 5.10 Å². The van der Waals surface area contributed by atoms with Crippen LogP contribution in [0.3, 0.4) is 0 Å². The van der Waals surface area contributed by atoms with Gasteiger partial charge in [-0.1, -0.05) is 0 Å². The smallest absolute Gasteiger partial charge is 0.286 e. The number of nitrogens with zero attached hydrogens (tertiary/aromatic N) is 6. The van der Waals surface area contributed by atoms with E-state index in [1.807, 2.05) is 13.8 Å². The second kappa shape index (κ2) is 10.8. The number of imidazole rings is 1. The Morgan fingerprint density at radius 3 is 2.26 bits per heavy atom. The minimum Gasteiger partial charge on any atom is -0.363 e. The molecule has 0 radical (unpaired) electrons. The molecular formula is C29H36F4N8O2. The predicted molar refractivity (Wildman–Crippen MR) is 147 cm³/mol. The molecule has 0 aliphatic heterocycles. The van der Waals surface area contributed by atoms with E-state index >= 15 is 0 Å². The molecule has 6 rings (SSSR count). The van der Waals surface area contributed by atoms with Gasteiger partial charge < -0.3 is 11.1 Å². The van der Waals surface area contributed by atoms with Crippen LogP contribution in [0.4, 0.5) is 17.6 Å². The number of hydrogen-bond donors (Lipinski definition) is 2. The zero-order valence-electron chi connectivity index (χ0n) is 24.1. The summed E-state index contributed by atoms with van der Waals surface area (Å²) in [5, 5.41) is 7.61. The Bertz CT molecular complexity index is 1510. The molecule has 2 amide bonds. The van der Waals surface area contributed by atoms with E-state index in [1.165, 1.54) is 4.68 Å². The van der Waals surface area contributed by atoms with Crippen molar-refractivity contribution in [3.63, 3.8) is 0 Å². The molecule has 3 N–H and O–H groups in total. The van der Waals surface area contributed by atoms with Crippen molar-refractivity contribution < 1.29 is 27.2 Å². The molecule has 3 aromatic heterocycles. The van der Waals surface area contributed by atoms with Crippen molar-refractivity contribution in [2.45, 2.75) is 101 Å². The number of primary amides is 1. The lowest BCUT2D eigenvalue weighted by molar-refractivity contribution is -0.134. The summed E-state index contributed by atoms with van der Waals surface area (Å²) in [6.45, 7) is 3.68. The highest BCUT2D eigenvalue weighted by atomic mass is 19.3. The third kappa shape index (κ3) is 6.23. The Labute approximate surface area is 245 Å². The molecule has 10 nitrogen and oxygen atoms in total. The third-order valence-corrected chi connectivity index (χ3v) is 8.93. The standard InChI is InChI=1S/C29H36F4N8O2/c1-15(2)41-26(24(34)43)38-25(39-41)22(17-5-8-28(30,31)9-6-17)20-14-40-10-7-19(35-27(40)36-20)23(18-3-4-18)37-21(42)11-16-12-29(32,33)13-16/h7,10,14-18,22-23H,3-6,8-9,11-13H2,1-2H3,(H2,34,43)(H,37,42)/t22-,23-/m0/s1. The Balaban J connectivity index is 1.30. The Morgan fingerprint density at radius 1 is 1.00 bits per heavy atom. The van der Waals surface area contributed by atoms with Crippen LogP contribution in [0, 0.1) is 17.8 Å². The molecule has 0 aromatic carbocycles. The number of nitrogens with one attached hydrogen (secondary N) is 1. The Hall–Kier alpha value is -3.58. The van der Waals surface area contributed by atoms with E-state index in [-0.39, 0.29) is 86.5 Å². The van der Waals surface area contributed by atoms with Crippen LogP contribution in [0.5, 0.6) is 0 Å². The summed E-state index contributed by atoms with van der Waals surface area (Å²) in [6, 6.07) is 1.23. The first-order valence-electron chi connectivity index (χ1n) is 15.0. The van der Waals surface area contributed by atoms with Crippen LogP contribution in [-0.2, 0) is 4.79 Å². The number of amides is 2. The highest BCUT2D eigenvalue weighted by molar-refractivity contribution is 5.89. The first-order chi connectivity index (χ1) is 20.3. The summed E-state index contributed by atoms with van der Waals surface area (Å²) in [5.74, 6) is -6.70. The van der Waals surface area contributed by atoms with Gasteiger partial charge in [0.15, 0.2) is 5.82 Å². The second-order valence-electron chi connectivity index (χ2n) is 12.8. The third-order valence-electron chi connectivity index (χ3n) is 8.93. The van der Waals surface area contributed by atoms with E-state index in [1.54, 1.807) is 22.9 Å². The SMILES string of the molecule is CC(C)n1nc([C@H](c2cn3ccc([C@@H](NC(=O)CC4CC(F)(F)C4)C4CC4)nc3n2)C2CCC(F)(F)CC2)nc1C(N)=O. The molecule has 3 heterocycles. The van der Waals surface area contributed by atoms with Crippen LogP contribution >= 0.6 is 0 Å². The van der Waals surface area contributed by atoms with Gasteiger partial charge >= 0.3 is 0 Å². The molecule has 3 saturated carbocycles. The van der Waals surface area contributed by atoms with Crippen molar-refractivity contribution in [3.8, 4) is 0 Å². The number of fused-ring (bicyclic) bond motifs is 1. The fourth-order valence-corrected chi connectivity index (χ4v) is 6.49. The summed E-state index contributed by atoms with van der Waals surface area (Å²) < 4.78 is 57.9. The quantitative estimate of drug-likeness (QED) is 0.314. The minimum absolute atomic E-state index is 0.00560. The van der Waals surface area contributed by atoms with Gasteiger partial charge in [0.1, 0.15) is 0 Å². The molecule has 0 unspecified atom stereocenters. The second-order valence-corrected chi connectivity index (χ2v) is 12.8. The maximum atomic E-state index is 14.1. The number of alkyl halides is 4. The lowest BCUT2D eigenvalue weighted by Gasteiger charge is -2.34. The van der Waals surface area contributed by atoms with E-state index in [9.17, 15) is 27.2 Å². The van der Waals surface area contributed by atoms with Gasteiger partial charge in [-0.05, 0) is 63.4 Å². The predicted octanol–water partition coefficient (Wildman–Crippen LogP) is 4.96. The normalized spacial score (nSPS) is 21.9. The number of rotatable bonds is 10. The van der Waals surface area contributed by atoms with Crippen molar-refractivity contribution in [3.05, 3.63) is 41.5 Å². The van der Waals surface area contributed by atoms with Crippen molar-refractivity contribution in [2.75, 3.05) is 0 Å². The van der Waals surface area contributed by atoms with E-state index < -0.39 is 23.7 Å². The van der Waals surface area contributed by atoms with E-state index in [0.29, 0.717) is 23.0 Å². The summed E-state index contributed by atoms with van der Waals surface area (Å²) in [7, 11) is 0. The molecule has 232 valence electrons. The van der Waals surface area contributed by atoms with E-state index in [4.69, 9.17) is 15.7 Å². The number of carbonyl (C=O) groups is 2. The van der Waals surface area contributed by atoms with Gasteiger partial charge in [-0.25, -0.2) is 37.2 Å². The Kier molecular flexibility index (Phi) is 7.44. The maximum absolute atomic E-state index is 14.1. The average molecular weight is 605 g/mol. The molecule has 3 fully saturated rings. The van der Waals surface area contributed by atoms with Gasteiger partial charge in [0.25, 0.3) is 5.91 Å². The molecule has 0 spiro atoms. The molecule has 2 atom stereocenters. The lowest BCUT2D eigenvalue weighted by Crippen LogP contribution is -2.39. The Morgan fingerprint density at radius 2 is 1.67 bits per heavy atom. The van der Waals surface area contributed by atoms with Crippen LogP contribution < -0.4 is 11.1 Å². The van der Waals surface area contributed by atoms with E-state index in [2.05, 4.69) is 15.4 Å². The van der Waals surface area contributed by atoms with Crippen molar-refractivity contribution in [1.82, 2.24) is 34.4 Å². The molecular weight excluding hydrogens is 568 g/mol. The number of hydrogen-bond acceptors (Lipinski definition) is 6. The van der Waals surface area contributed by atoms with Gasteiger partial charge in [-0.15, -0.1) is 0 Å². The number of nitrogens with two attached hydrogens (primary N) is 1. The zero-order chi connectivity index (χ0) is 30.7. The van der Waals surface area contributed by atoms with Gasteiger partial charge in [-0.3, -0.25) is 14.0 Å². The molecule has 0 bridgehead atoms. The topological polar surface area (TPSA) is 133 Å². The molecule has 43 heavy (non-hydrogen) atoms. The first kappa shape index (κ1) is 29.5. The van der Waals surface area contributed by atoms with Crippen molar-refractivity contribution in [2.24, 2.45) is 23.5 Å². The van der Waals surface area contributed by atoms with Crippen molar-refractivity contribution >= 4 is 17.6 Å². The number of carbonyl (C=O) groups excluding carboxylic acids is 2. The molecule has 3 aliphatic rings. The minimum atomic E-state index is -2.73. The summed E-state index contributed by atoms with van der Waals surface area (Å²) >= 11 is 0. The van der Waals surface area contributed by atoms with Gasteiger partial charge in [0.05, 0.1) is 23.3 Å². The van der Waals surface area contributed by atoms with Gasteiger partial charge in [0, 0.05) is 50.5 Å². The maximum Gasteiger partial charge on any atom is 0.286 e. The number of halogens is 4. The zero-order valence-corrected chi connectivity index (χ0v) is 24.1. The summed E-state index contributed by atoms with van der Waals surface area (Å²) in [5.41, 5.74) is 6.74. The molecule has 3 aliphatic carbocycles. The molecule has 3 aromatic rings. The molecule has 14 heteroatoms. The highest BCUT2D eigenvalue weighted by Crippen LogP contribution is 2.46. The lowest BCUT2D eigenvalue weighted by atomic mass is 9.77. The van der Waals surface area contributed by atoms with Crippen LogP contribution in [0.1, 0.15) is 117 Å². The van der Waals surface area contributed by atoms with Crippen LogP contribution in [0.25, 0.3) is 5.78 Å². The summed E-state index contributed by atoms with van der Waals surface area (Å²) in [6.07, 6.45) is 4.84.